The maximum absolute atomic E-state index is 10.5. The first-order chi connectivity index (χ1) is 14.0. The fourth-order valence-corrected chi connectivity index (χ4v) is 3.65. The first-order valence-corrected chi connectivity index (χ1v) is 9.74. The molecule has 0 aromatic heterocycles. The minimum atomic E-state index is -1.46. The lowest BCUT2D eigenvalue weighted by molar-refractivity contribution is -0.231. The van der Waals surface area contributed by atoms with E-state index in [1.54, 1.807) is 18.2 Å². The van der Waals surface area contributed by atoms with Crippen molar-refractivity contribution in [3.05, 3.63) is 76.8 Å². The number of halogens is 1. The maximum atomic E-state index is 10.5. The summed E-state index contributed by atoms with van der Waals surface area (Å²) >= 11 is 6.56. The summed E-state index contributed by atoms with van der Waals surface area (Å²) in [6.07, 6.45) is -4.11. The van der Waals surface area contributed by atoms with Crippen LogP contribution in [0.3, 0.4) is 0 Å². The second-order valence-electron chi connectivity index (χ2n) is 7.00. The first kappa shape index (κ1) is 21.8. The second kappa shape index (κ2) is 9.71. The van der Waals surface area contributed by atoms with Crippen LogP contribution in [-0.4, -0.2) is 58.1 Å². The molecule has 0 amide bonds. The van der Waals surface area contributed by atoms with Crippen molar-refractivity contribution in [3.63, 3.8) is 0 Å². The molecule has 2 unspecified atom stereocenters. The molecule has 1 heterocycles. The summed E-state index contributed by atoms with van der Waals surface area (Å²) in [5, 5.41) is 40.6. The van der Waals surface area contributed by atoms with E-state index in [0.717, 1.165) is 11.1 Å². The molecule has 156 valence electrons. The zero-order valence-corrected chi connectivity index (χ0v) is 16.6. The van der Waals surface area contributed by atoms with Crippen LogP contribution in [0.4, 0.5) is 0 Å². The lowest BCUT2D eigenvalue weighted by Gasteiger charge is -2.40. The topological polar surface area (TPSA) is 99.4 Å². The lowest BCUT2D eigenvalue weighted by atomic mass is 9.90. The van der Waals surface area contributed by atoms with E-state index in [1.807, 2.05) is 30.3 Å². The number of benzene rings is 2. The fourth-order valence-electron chi connectivity index (χ4n) is 3.42. The average Bonchev–Trinajstić information content (AvgIpc) is 2.73. The molecule has 3 rings (SSSR count). The van der Waals surface area contributed by atoms with Gasteiger partial charge in [0, 0.05) is 0 Å². The number of rotatable bonds is 7. The maximum Gasteiger partial charge on any atom is 0.139 e. The van der Waals surface area contributed by atoms with E-state index in [-0.39, 0.29) is 6.61 Å². The highest BCUT2D eigenvalue weighted by molar-refractivity contribution is 6.32. The minimum absolute atomic E-state index is 0.239. The van der Waals surface area contributed by atoms with Gasteiger partial charge in [-0.15, -0.1) is 0 Å². The smallest absolute Gasteiger partial charge is 0.139 e. The number of hydrogen-bond donors (Lipinski definition) is 4. The van der Waals surface area contributed by atoms with Crippen molar-refractivity contribution in [1.29, 1.82) is 0 Å². The van der Waals surface area contributed by atoms with Crippen LogP contribution in [0.1, 0.15) is 22.8 Å². The van der Waals surface area contributed by atoms with Crippen LogP contribution in [0, 0.1) is 0 Å². The third-order valence-corrected chi connectivity index (χ3v) is 5.38. The van der Waals surface area contributed by atoms with Gasteiger partial charge in [-0.25, -0.2) is 0 Å². The highest BCUT2D eigenvalue weighted by atomic mass is 35.5. The molecule has 0 bridgehead atoms. The van der Waals surface area contributed by atoms with Crippen molar-refractivity contribution < 1.29 is 29.9 Å². The van der Waals surface area contributed by atoms with E-state index in [4.69, 9.17) is 21.1 Å². The molecule has 0 radical (unpaired) electrons. The number of aliphatic hydroxyl groups is 4. The van der Waals surface area contributed by atoms with Gasteiger partial charge in [0.05, 0.1) is 11.6 Å². The highest BCUT2D eigenvalue weighted by Crippen LogP contribution is 2.38. The summed E-state index contributed by atoms with van der Waals surface area (Å²) in [6, 6.07) is 13.1. The van der Waals surface area contributed by atoms with Crippen molar-refractivity contribution in [3.8, 4) is 5.75 Å². The molecule has 0 spiro atoms. The van der Waals surface area contributed by atoms with E-state index in [2.05, 4.69) is 6.58 Å². The van der Waals surface area contributed by atoms with Gasteiger partial charge in [0.1, 0.15) is 42.9 Å². The SMILES string of the molecule is C=CCOc1cc(C2O[C@H](CO)[C@@H](O)C(O)[C@H]2O)cc(Cc2ccccc2)c1Cl. The monoisotopic (exact) mass is 420 g/mol. The quantitative estimate of drug-likeness (QED) is 0.511. The fraction of sp³-hybridized carbons (Fsp3) is 0.364. The van der Waals surface area contributed by atoms with Crippen LogP contribution in [0.5, 0.6) is 5.75 Å². The van der Waals surface area contributed by atoms with Crippen LogP contribution < -0.4 is 4.74 Å². The predicted molar refractivity (Wildman–Crippen MR) is 109 cm³/mol. The highest BCUT2D eigenvalue weighted by Gasteiger charge is 2.44. The van der Waals surface area contributed by atoms with Gasteiger partial charge in [0.15, 0.2) is 0 Å². The Morgan fingerprint density at radius 1 is 1.07 bits per heavy atom. The summed E-state index contributed by atoms with van der Waals surface area (Å²) in [5.41, 5.74) is 2.32. The van der Waals surface area contributed by atoms with Crippen LogP contribution in [0.25, 0.3) is 0 Å². The number of hydrogen-bond acceptors (Lipinski definition) is 6. The molecule has 4 N–H and O–H groups in total. The molecule has 6 nitrogen and oxygen atoms in total. The normalized spacial score (nSPS) is 26.9. The molecule has 1 saturated heterocycles. The Kier molecular flexibility index (Phi) is 7.29. The molecule has 1 aliphatic rings. The lowest BCUT2D eigenvalue weighted by Crippen LogP contribution is -2.55. The molecule has 5 atom stereocenters. The summed E-state index contributed by atoms with van der Waals surface area (Å²) < 4.78 is 11.4. The summed E-state index contributed by atoms with van der Waals surface area (Å²) in [4.78, 5) is 0. The summed E-state index contributed by atoms with van der Waals surface area (Å²) in [5.74, 6) is 0.395. The van der Waals surface area contributed by atoms with Gasteiger partial charge in [-0.1, -0.05) is 60.7 Å². The molecule has 1 fully saturated rings. The molecule has 2 aromatic rings. The molecule has 0 aliphatic carbocycles. The van der Waals surface area contributed by atoms with Crippen molar-refractivity contribution >= 4 is 11.6 Å². The summed E-state index contributed by atoms with van der Waals surface area (Å²) in [7, 11) is 0. The van der Waals surface area contributed by atoms with Crippen LogP contribution in [0.15, 0.2) is 55.1 Å². The van der Waals surface area contributed by atoms with Gasteiger partial charge < -0.3 is 29.9 Å². The minimum Gasteiger partial charge on any atom is -0.488 e. The Morgan fingerprint density at radius 3 is 2.45 bits per heavy atom. The predicted octanol–water partition coefficient (Wildman–Crippen LogP) is 2.01. The van der Waals surface area contributed by atoms with Crippen molar-refractivity contribution in [1.82, 2.24) is 0 Å². The Bertz CT molecular complexity index is 826. The molecule has 29 heavy (non-hydrogen) atoms. The van der Waals surface area contributed by atoms with Crippen molar-refractivity contribution in [2.45, 2.75) is 36.9 Å². The molecule has 2 aromatic carbocycles. The van der Waals surface area contributed by atoms with E-state index in [1.165, 1.54) is 0 Å². The van der Waals surface area contributed by atoms with E-state index >= 15 is 0 Å². The molecule has 7 heteroatoms. The molecular formula is C22H25ClO6. The van der Waals surface area contributed by atoms with Crippen molar-refractivity contribution in [2.75, 3.05) is 13.2 Å². The third-order valence-electron chi connectivity index (χ3n) is 4.95. The molecular weight excluding hydrogens is 396 g/mol. The van der Waals surface area contributed by atoms with Gasteiger partial charge >= 0.3 is 0 Å². The van der Waals surface area contributed by atoms with Gasteiger partial charge in [-0.05, 0) is 29.2 Å². The first-order valence-electron chi connectivity index (χ1n) is 9.36. The van der Waals surface area contributed by atoms with E-state index < -0.39 is 37.1 Å². The van der Waals surface area contributed by atoms with Gasteiger partial charge in [-0.3, -0.25) is 0 Å². The summed E-state index contributed by atoms with van der Waals surface area (Å²) in [6.45, 7) is 3.38. The van der Waals surface area contributed by atoms with E-state index in [0.29, 0.717) is 22.8 Å². The van der Waals surface area contributed by atoms with Crippen molar-refractivity contribution in [2.24, 2.45) is 0 Å². The van der Waals surface area contributed by atoms with Crippen LogP contribution in [-0.2, 0) is 11.2 Å². The number of aliphatic hydroxyl groups excluding tert-OH is 4. The largest absolute Gasteiger partial charge is 0.488 e. The Hall–Kier alpha value is -1.93. The molecule has 1 aliphatic heterocycles. The Morgan fingerprint density at radius 2 is 1.79 bits per heavy atom. The average molecular weight is 421 g/mol. The van der Waals surface area contributed by atoms with Crippen LogP contribution in [0.2, 0.25) is 5.02 Å². The van der Waals surface area contributed by atoms with Gasteiger partial charge in [0.2, 0.25) is 0 Å². The zero-order valence-electron chi connectivity index (χ0n) is 15.8. The second-order valence-corrected chi connectivity index (χ2v) is 7.38. The van der Waals surface area contributed by atoms with Gasteiger partial charge in [0.25, 0.3) is 0 Å². The third kappa shape index (κ3) is 4.80. The Labute approximate surface area is 174 Å². The van der Waals surface area contributed by atoms with Gasteiger partial charge in [-0.2, -0.15) is 0 Å². The van der Waals surface area contributed by atoms with Crippen LogP contribution >= 0.6 is 11.6 Å². The molecule has 0 saturated carbocycles. The van der Waals surface area contributed by atoms with E-state index in [9.17, 15) is 20.4 Å². The standard InChI is InChI=1S/C22H25ClO6/c1-2-8-28-16-11-15(22-21(27)20(26)19(25)17(12-24)29-22)10-14(18(16)23)9-13-6-4-3-5-7-13/h2-7,10-11,17,19-22,24-27H,1,8-9,12H2/t17-,19-,20?,21-,22?/m1/s1. The number of ether oxygens (including phenoxy) is 2. The zero-order chi connectivity index (χ0) is 21.0. The Balaban J connectivity index is 2.00.